The Hall–Kier alpha value is -1.22. The summed E-state index contributed by atoms with van der Waals surface area (Å²) in [5.74, 6) is -0.147. The maximum absolute atomic E-state index is 10.9. The van der Waals surface area contributed by atoms with Crippen LogP contribution < -0.4 is 10.7 Å². The zero-order valence-corrected chi connectivity index (χ0v) is 6.88. The highest BCUT2D eigenvalue weighted by molar-refractivity contribution is 6.30. The molecule has 0 saturated heterocycles. The molecule has 0 saturated carbocycles. The van der Waals surface area contributed by atoms with E-state index in [1.807, 2.05) is 0 Å². The summed E-state index contributed by atoms with van der Waals surface area (Å²) >= 11 is 5.68. The summed E-state index contributed by atoms with van der Waals surface area (Å²) in [5, 5.41) is 1.80. The highest BCUT2D eigenvalue weighted by Crippen LogP contribution is 1.99. The number of fused-ring (bicyclic) bond motifs is 1. The molecule has 2 rings (SSSR count). The van der Waals surface area contributed by atoms with E-state index in [0.29, 0.717) is 16.8 Å². The quantitative estimate of drug-likeness (QED) is 0.567. The summed E-state index contributed by atoms with van der Waals surface area (Å²) in [4.78, 5) is 18.7. The second-order valence-corrected chi connectivity index (χ2v) is 2.91. The van der Waals surface area contributed by atoms with Crippen molar-refractivity contribution >= 4 is 23.6 Å². The van der Waals surface area contributed by atoms with Gasteiger partial charge in [-0.15, -0.1) is 0 Å². The number of rotatable bonds is 0. The summed E-state index contributed by atoms with van der Waals surface area (Å²) < 4.78 is 0. The lowest BCUT2D eigenvalue weighted by molar-refractivity contribution is -0.117. The van der Waals surface area contributed by atoms with Crippen molar-refractivity contribution in [2.45, 2.75) is 6.42 Å². The molecule has 0 N–H and O–H groups in total. The fraction of sp³-hybridized carbons (Fsp3) is 0.125. The number of pyridine rings is 1. The van der Waals surface area contributed by atoms with Crippen LogP contribution in [-0.2, 0) is 4.79 Å². The van der Waals surface area contributed by atoms with E-state index in [2.05, 4.69) is 9.98 Å². The van der Waals surface area contributed by atoms with E-state index in [-0.39, 0.29) is 5.91 Å². The molecule has 2 heterocycles. The zero-order valence-electron chi connectivity index (χ0n) is 6.12. The van der Waals surface area contributed by atoms with Gasteiger partial charge in [0, 0.05) is 12.6 Å². The minimum Gasteiger partial charge on any atom is -0.272 e. The zero-order chi connectivity index (χ0) is 8.55. The van der Waals surface area contributed by atoms with Gasteiger partial charge in [-0.25, -0.2) is 4.99 Å². The lowest BCUT2D eigenvalue weighted by atomic mass is 10.3. The molecular weight excluding hydrogens is 176 g/mol. The van der Waals surface area contributed by atoms with E-state index in [1.54, 1.807) is 18.3 Å². The van der Waals surface area contributed by atoms with Crippen LogP contribution in [0.1, 0.15) is 6.42 Å². The van der Waals surface area contributed by atoms with Gasteiger partial charge < -0.3 is 0 Å². The summed E-state index contributed by atoms with van der Waals surface area (Å²) in [6, 6.07) is 1.64. The molecule has 1 aliphatic rings. The van der Waals surface area contributed by atoms with Crippen molar-refractivity contribution in [3.8, 4) is 0 Å². The summed E-state index contributed by atoms with van der Waals surface area (Å²) in [5.41, 5.74) is 0. The Kier molecular flexibility index (Phi) is 1.66. The number of halogens is 1. The third-order valence-corrected chi connectivity index (χ3v) is 1.79. The minimum absolute atomic E-state index is 0.147. The third kappa shape index (κ3) is 1.23. The van der Waals surface area contributed by atoms with Gasteiger partial charge in [0.1, 0.15) is 0 Å². The molecule has 0 aromatic carbocycles. The minimum atomic E-state index is -0.147. The SMILES string of the molecule is O=C1CC=c2ncc(Cl)cc2=N1. The number of carbonyl (C=O) groups excluding carboxylic acids is 1. The number of nitrogens with zero attached hydrogens (tertiary/aromatic N) is 2. The molecule has 3 nitrogen and oxygen atoms in total. The van der Waals surface area contributed by atoms with Crippen molar-refractivity contribution in [2.24, 2.45) is 4.99 Å². The van der Waals surface area contributed by atoms with E-state index in [9.17, 15) is 4.79 Å². The standard InChI is InChI=1S/C8H5ClN2O/c9-5-3-7-6(10-4-5)1-2-8(12)11-7/h1,3-4H,2H2. The topological polar surface area (TPSA) is 42.3 Å². The third-order valence-electron chi connectivity index (χ3n) is 1.58. The van der Waals surface area contributed by atoms with Gasteiger partial charge >= 0.3 is 0 Å². The molecule has 1 aromatic rings. The molecule has 1 amide bonds. The summed E-state index contributed by atoms with van der Waals surface area (Å²) in [6.45, 7) is 0. The number of hydrogen-bond donors (Lipinski definition) is 0. The molecule has 60 valence electrons. The van der Waals surface area contributed by atoms with Gasteiger partial charge in [-0.1, -0.05) is 11.6 Å². The number of aromatic nitrogens is 1. The maximum Gasteiger partial charge on any atom is 0.250 e. The number of carbonyl (C=O) groups is 1. The number of amides is 1. The van der Waals surface area contributed by atoms with Crippen LogP contribution in [0.2, 0.25) is 5.02 Å². The van der Waals surface area contributed by atoms with Gasteiger partial charge in [0.05, 0.1) is 15.7 Å². The molecule has 0 spiro atoms. The van der Waals surface area contributed by atoms with Crippen LogP contribution in [0, 0.1) is 0 Å². The Morgan fingerprint density at radius 3 is 3.17 bits per heavy atom. The smallest absolute Gasteiger partial charge is 0.250 e. The Bertz CT molecular complexity index is 453. The lowest BCUT2D eigenvalue weighted by Crippen LogP contribution is -2.32. The van der Waals surface area contributed by atoms with Crippen LogP contribution >= 0.6 is 11.6 Å². The van der Waals surface area contributed by atoms with E-state index in [0.717, 1.165) is 5.35 Å². The Morgan fingerprint density at radius 1 is 1.50 bits per heavy atom. The van der Waals surface area contributed by atoms with Crippen molar-refractivity contribution in [3.05, 3.63) is 28.0 Å². The highest BCUT2D eigenvalue weighted by Gasteiger charge is 2.02. The van der Waals surface area contributed by atoms with Crippen LogP contribution in [0.4, 0.5) is 0 Å². The maximum atomic E-state index is 10.9. The monoisotopic (exact) mass is 180 g/mol. The molecule has 0 fully saturated rings. The van der Waals surface area contributed by atoms with E-state index in [4.69, 9.17) is 11.6 Å². The average molecular weight is 181 g/mol. The molecule has 1 aliphatic heterocycles. The Balaban J connectivity index is 2.81. The molecule has 0 aliphatic carbocycles. The number of hydrogen-bond acceptors (Lipinski definition) is 2. The van der Waals surface area contributed by atoms with Gasteiger partial charge in [0.2, 0.25) is 5.91 Å². The van der Waals surface area contributed by atoms with Crippen molar-refractivity contribution in [3.63, 3.8) is 0 Å². The largest absolute Gasteiger partial charge is 0.272 e. The second-order valence-electron chi connectivity index (χ2n) is 2.47. The van der Waals surface area contributed by atoms with Crippen molar-refractivity contribution in [2.75, 3.05) is 0 Å². The average Bonchev–Trinajstić information content (AvgIpc) is 2.03. The summed E-state index contributed by atoms with van der Waals surface area (Å²) in [7, 11) is 0. The molecule has 0 radical (unpaired) electrons. The van der Waals surface area contributed by atoms with Gasteiger partial charge in [-0.2, -0.15) is 0 Å². The van der Waals surface area contributed by atoms with Gasteiger partial charge in [0.15, 0.2) is 0 Å². The van der Waals surface area contributed by atoms with Gasteiger partial charge in [-0.3, -0.25) is 9.78 Å². The van der Waals surface area contributed by atoms with Crippen LogP contribution in [0.15, 0.2) is 17.3 Å². The van der Waals surface area contributed by atoms with Crippen LogP contribution in [-0.4, -0.2) is 10.9 Å². The highest BCUT2D eigenvalue weighted by atomic mass is 35.5. The molecule has 1 aromatic heterocycles. The van der Waals surface area contributed by atoms with Crippen LogP contribution in [0.5, 0.6) is 0 Å². The van der Waals surface area contributed by atoms with Gasteiger partial charge in [-0.05, 0) is 12.1 Å². The molecule has 0 unspecified atom stereocenters. The van der Waals surface area contributed by atoms with Crippen LogP contribution in [0.25, 0.3) is 6.08 Å². The van der Waals surface area contributed by atoms with E-state index < -0.39 is 0 Å². The first-order valence-corrected chi connectivity index (χ1v) is 3.87. The van der Waals surface area contributed by atoms with E-state index in [1.165, 1.54) is 0 Å². The van der Waals surface area contributed by atoms with Gasteiger partial charge in [0.25, 0.3) is 0 Å². The Labute approximate surface area is 73.4 Å². The Morgan fingerprint density at radius 2 is 2.33 bits per heavy atom. The molecule has 0 bridgehead atoms. The first kappa shape index (κ1) is 7.43. The molecule has 0 atom stereocenters. The normalized spacial score (nSPS) is 14.6. The van der Waals surface area contributed by atoms with E-state index >= 15 is 0 Å². The first-order valence-electron chi connectivity index (χ1n) is 3.49. The molecule has 12 heavy (non-hydrogen) atoms. The predicted molar refractivity (Wildman–Crippen MR) is 44.1 cm³/mol. The fourth-order valence-corrected chi connectivity index (χ4v) is 1.20. The first-order chi connectivity index (χ1) is 5.75. The van der Waals surface area contributed by atoms with Crippen LogP contribution in [0.3, 0.4) is 0 Å². The lowest BCUT2D eigenvalue weighted by Gasteiger charge is -1.96. The van der Waals surface area contributed by atoms with Crippen molar-refractivity contribution < 1.29 is 4.79 Å². The molecule has 4 heteroatoms. The van der Waals surface area contributed by atoms with Crippen molar-refractivity contribution in [1.82, 2.24) is 4.98 Å². The van der Waals surface area contributed by atoms with Crippen molar-refractivity contribution in [1.29, 1.82) is 0 Å². The molecular formula is C8H5ClN2O. The predicted octanol–water partition coefficient (Wildman–Crippen LogP) is 0.0654. The second kappa shape index (κ2) is 2.68. The summed E-state index contributed by atoms with van der Waals surface area (Å²) in [6.07, 6.45) is 3.63. The fourth-order valence-electron chi connectivity index (χ4n) is 1.05.